The minimum Gasteiger partial charge on any atom is -0.370 e. The van der Waals surface area contributed by atoms with Crippen LogP contribution < -0.4 is 10.6 Å². The van der Waals surface area contributed by atoms with Crippen LogP contribution in [0.25, 0.3) is 0 Å². The van der Waals surface area contributed by atoms with Crippen molar-refractivity contribution in [2.24, 2.45) is 0 Å². The van der Waals surface area contributed by atoms with Gasteiger partial charge in [-0.2, -0.15) is 0 Å². The summed E-state index contributed by atoms with van der Waals surface area (Å²) < 4.78 is 0. The first-order valence-corrected chi connectivity index (χ1v) is 5.33. The van der Waals surface area contributed by atoms with E-state index in [-0.39, 0.29) is 0 Å². The number of aromatic nitrogens is 1. The highest BCUT2D eigenvalue weighted by Crippen LogP contribution is 2.09. The molecule has 0 aromatic carbocycles. The molecule has 1 fully saturated rings. The zero-order valence-corrected chi connectivity index (χ0v) is 8.37. The van der Waals surface area contributed by atoms with Crippen LogP contribution in [-0.2, 0) is 0 Å². The maximum Gasteiger partial charge on any atom is 0.125 e. The molecule has 0 spiro atoms. The van der Waals surface area contributed by atoms with Gasteiger partial charge in [-0.3, -0.25) is 0 Å². The van der Waals surface area contributed by atoms with Gasteiger partial charge >= 0.3 is 0 Å². The van der Waals surface area contributed by atoms with Crippen molar-refractivity contribution in [3.8, 4) is 0 Å². The fraction of sp³-hybridized carbons (Fsp3) is 0.545. The van der Waals surface area contributed by atoms with Crippen molar-refractivity contribution in [3.05, 3.63) is 24.4 Å². The predicted molar refractivity (Wildman–Crippen MR) is 58.4 cm³/mol. The van der Waals surface area contributed by atoms with E-state index in [2.05, 4.69) is 15.6 Å². The molecule has 1 atom stereocenters. The highest BCUT2D eigenvalue weighted by atomic mass is 15.0. The maximum absolute atomic E-state index is 4.21. The minimum absolute atomic E-state index is 0.714. The number of anilines is 1. The first-order chi connectivity index (χ1) is 6.95. The Bertz CT molecular complexity index is 254. The van der Waals surface area contributed by atoms with E-state index in [0.717, 1.165) is 12.4 Å². The molecule has 2 heterocycles. The van der Waals surface area contributed by atoms with E-state index in [0.29, 0.717) is 6.04 Å². The van der Waals surface area contributed by atoms with Gasteiger partial charge in [0.05, 0.1) is 0 Å². The van der Waals surface area contributed by atoms with E-state index >= 15 is 0 Å². The largest absolute Gasteiger partial charge is 0.370 e. The Hall–Kier alpha value is -1.09. The summed E-state index contributed by atoms with van der Waals surface area (Å²) in [6.45, 7) is 2.20. The molecule has 2 N–H and O–H groups in total. The molecule has 3 heteroatoms. The lowest BCUT2D eigenvalue weighted by Gasteiger charge is -2.10. The third kappa shape index (κ3) is 2.70. The number of hydrogen-bond acceptors (Lipinski definition) is 3. The van der Waals surface area contributed by atoms with E-state index < -0.39 is 0 Å². The van der Waals surface area contributed by atoms with Crippen LogP contribution in [-0.4, -0.2) is 24.1 Å². The van der Waals surface area contributed by atoms with Gasteiger partial charge in [0, 0.05) is 18.8 Å². The minimum atomic E-state index is 0.714. The zero-order valence-electron chi connectivity index (χ0n) is 8.37. The molecule has 1 unspecified atom stereocenters. The fourth-order valence-electron chi connectivity index (χ4n) is 1.84. The van der Waals surface area contributed by atoms with Crippen LogP contribution in [0.4, 0.5) is 5.82 Å². The summed E-state index contributed by atoms with van der Waals surface area (Å²) in [6.07, 6.45) is 5.66. The molecule has 14 heavy (non-hydrogen) atoms. The van der Waals surface area contributed by atoms with Gasteiger partial charge < -0.3 is 10.6 Å². The van der Waals surface area contributed by atoms with E-state index in [1.54, 1.807) is 0 Å². The lowest BCUT2D eigenvalue weighted by atomic mass is 10.1. The number of rotatable bonds is 4. The topological polar surface area (TPSA) is 37.0 Å². The van der Waals surface area contributed by atoms with E-state index in [4.69, 9.17) is 0 Å². The van der Waals surface area contributed by atoms with Gasteiger partial charge in [0.25, 0.3) is 0 Å². The standard InChI is InChI=1S/C11H17N3/c1-2-7-13-11(5-1)14-9-6-10-4-3-8-12-10/h1-2,5,7,10,12H,3-4,6,8-9H2,(H,13,14). The van der Waals surface area contributed by atoms with Gasteiger partial charge in [-0.1, -0.05) is 6.07 Å². The second-order valence-corrected chi connectivity index (χ2v) is 3.72. The Morgan fingerprint density at radius 2 is 2.50 bits per heavy atom. The molecule has 0 amide bonds. The summed E-state index contributed by atoms with van der Waals surface area (Å²) in [7, 11) is 0. The average molecular weight is 191 g/mol. The fourth-order valence-corrected chi connectivity index (χ4v) is 1.84. The molecule has 0 bridgehead atoms. The lowest BCUT2D eigenvalue weighted by molar-refractivity contribution is 0.574. The van der Waals surface area contributed by atoms with Crippen LogP contribution in [0.1, 0.15) is 19.3 Å². The van der Waals surface area contributed by atoms with Crippen LogP contribution in [0.15, 0.2) is 24.4 Å². The molecule has 1 aromatic rings. The monoisotopic (exact) mass is 191 g/mol. The number of hydrogen-bond donors (Lipinski definition) is 2. The van der Waals surface area contributed by atoms with Crippen LogP contribution >= 0.6 is 0 Å². The smallest absolute Gasteiger partial charge is 0.125 e. The van der Waals surface area contributed by atoms with Gasteiger partial charge in [-0.15, -0.1) is 0 Å². The number of pyridine rings is 1. The van der Waals surface area contributed by atoms with Crippen molar-refractivity contribution in [2.45, 2.75) is 25.3 Å². The SMILES string of the molecule is c1ccc(NCCC2CCCN2)nc1. The van der Waals surface area contributed by atoms with Gasteiger partial charge in [0.1, 0.15) is 5.82 Å². The molecule has 76 valence electrons. The van der Waals surface area contributed by atoms with Gasteiger partial charge in [0.15, 0.2) is 0 Å². The molecule has 0 saturated carbocycles. The third-order valence-electron chi connectivity index (χ3n) is 2.63. The Morgan fingerprint density at radius 3 is 3.21 bits per heavy atom. The van der Waals surface area contributed by atoms with Gasteiger partial charge in [0.2, 0.25) is 0 Å². The summed E-state index contributed by atoms with van der Waals surface area (Å²) in [5.74, 6) is 0.977. The summed E-state index contributed by atoms with van der Waals surface area (Å²) in [5, 5.41) is 6.80. The van der Waals surface area contributed by atoms with Crippen molar-refractivity contribution in [1.29, 1.82) is 0 Å². The second kappa shape index (κ2) is 4.96. The van der Waals surface area contributed by atoms with Crippen LogP contribution in [0.5, 0.6) is 0 Å². The van der Waals surface area contributed by atoms with Gasteiger partial charge in [-0.25, -0.2) is 4.98 Å². The molecule has 1 aliphatic heterocycles. The summed E-state index contributed by atoms with van der Waals surface area (Å²) >= 11 is 0. The molecule has 0 aliphatic carbocycles. The molecule has 2 rings (SSSR count). The first-order valence-electron chi connectivity index (χ1n) is 5.33. The Kier molecular flexibility index (Phi) is 3.35. The summed E-state index contributed by atoms with van der Waals surface area (Å²) in [6, 6.07) is 6.65. The Labute approximate surface area is 84.9 Å². The van der Waals surface area contributed by atoms with E-state index in [1.165, 1.54) is 25.8 Å². The molecular weight excluding hydrogens is 174 g/mol. The second-order valence-electron chi connectivity index (χ2n) is 3.72. The average Bonchev–Trinajstić information content (AvgIpc) is 2.72. The third-order valence-corrected chi connectivity index (χ3v) is 2.63. The highest BCUT2D eigenvalue weighted by molar-refractivity contribution is 5.32. The van der Waals surface area contributed by atoms with E-state index in [9.17, 15) is 0 Å². The van der Waals surface area contributed by atoms with Gasteiger partial charge in [-0.05, 0) is 37.9 Å². The molecular formula is C11H17N3. The predicted octanol–water partition coefficient (Wildman–Crippen LogP) is 1.64. The molecule has 3 nitrogen and oxygen atoms in total. The Balaban J connectivity index is 1.67. The normalized spacial score (nSPS) is 21.0. The first kappa shape index (κ1) is 9.46. The highest BCUT2D eigenvalue weighted by Gasteiger charge is 2.12. The van der Waals surface area contributed by atoms with Crippen molar-refractivity contribution < 1.29 is 0 Å². The van der Waals surface area contributed by atoms with Crippen molar-refractivity contribution in [2.75, 3.05) is 18.4 Å². The maximum atomic E-state index is 4.21. The van der Waals surface area contributed by atoms with Crippen molar-refractivity contribution in [1.82, 2.24) is 10.3 Å². The van der Waals surface area contributed by atoms with Crippen LogP contribution in [0, 0.1) is 0 Å². The molecule has 1 aromatic heterocycles. The quantitative estimate of drug-likeness (QED) is 0.759. The molecule has 0 radical (unpaired) electrons. The zero-order chi connectivity index (χ0) is 9.64. The van der Waals surface area contributed by atoms with Crippen molar-refractivity contribution >= 4 is 5.82 Å². The number of nitrogens with zero attached hydrogens (tertiary/aromatic N) is 1. The van der Waals surface area contributed by atoms with Crippen LogP contribution in [0.3, 0.4) is 0 Å². The molecule has 1 saturated heterocycles. The summed E-state index contributed by atoms with van der Waals surface area (Å²) in [5.41, 5.74) is 0. The summed E-state index contributed by atoms with van der Waals surface area (Å²) in [4.78, 5) is 4.21. The van der Waals surface area contributed by atoms with Crippen LogP contribution in [0.2, 0.25) is 0 Å². The van der Waals surface area contributed by atoms with E-state index in [1.807, 2.05) is 24.4 Å². The van der Waals surface area contributed by atoms with Crippen molar-refractivity contribution in [3.63, 3.8) is 0 Å². The lowest BCUT2D eigenvalue weighted by Crippen LogP contribution is -2.24. The Morgan fingerprint density at radius 1 is 1.50 bits per heavy atom. The number of nitrogens with one attached hydrogen (secondary N) is 2. The molecule has 1 aliphatic rings.